The van der Waals surface area contributed by atoms with Crippen LogP contribution in [-0.2, 0) is 6.54 Å². The fourth-order valence-corrected chi connectivity index (χ4v) is 5.60. The highest BCUT2D eigenvalue weighted by Crippen LogP contribution is 2.31. The number of phenols is 1. The third kappa shape index (κ3) is 6.43. The van der Waals surface area contributed by atoms with E-state index in [1.807, 2.05) is 0 Å². The number of hydrogen-bond donors (Lipinski definition) is 4. The van der Waals surface area contributed by atoms with Gasteiger partial charge in [0.15, 0.2) is 28.4 Å². The van der Waals surface area contributed by atoms with Crippen molar-refractivity contribution in [3.63, 3.8) is 0 Å². The summed E-state index contributed by atoms with van der Waals surface area (Å²) in [5.41, 5.74) is 7.95. The number of halogens is 2. The summed E-state index contributed by atoms with van der Waals surface area (Å²) in [6, 6.07) is 5.48. The number of rotatable bonds is 9. The first-order valence-corrected chi connectivity index (χ1v) is 13.3. The number of phenolic OH excluding ortho intramolecular Hbond substituents is 1. The number of piperazine rings is 1. The van der Waals surface area contributed by atoms with Crippen LogP contribution in [0.2, 0.25) is 5.15 Å². The van der Waals surface area contributed by atoms with Crippen molar-refractivity contribution < 1.29 is 14.6 Å². The van der Waals surface area contributed by atoms with E-state index < -0.39 is 5.82 Å². The number of nitrogens with zero attached hydrogens (tertiary/aromatic N) is 5. The molecular formula is C26H37ClFN7O2. The molecule has 4 rings (SSSR count). The van der Waals surface area contributed by atoms with Crippen LogP contribution < -0.4 is 16.0 Å². The zero-order chi connectivity index (χ0) is 26.5. The number of nitrogen functional groups attached to an aromatic ring is 1. The SMILES string of the molecule is C=C(NCCO)c1nc(Cl)c(N2CCN(C3CCN(Cc4ccc(O)c(F)c4)CC3)[C@@H](CC)C2)nc1N. The topological polar surface area (TPSA) is 114 Å². The van der Waals surface area contributed by atoms with E-state index in [1.165, 1.54) is 12.1 Å². The van der Waals surface area contributed by atoms with Crippen molar-refractivity contribution in [2.75, 3.05) is 56.5 Å². The summed E-state index contributed by atoms with van der Waals surface area (Å²) in [5, 5.41) is 21.7. The van der Waals surface area contributed by atoms with Gasteiger partial charge in [-0.25, -0.2) is 14.4 Å². The molecule has 0 amide bonds. The maximum Gasteiger partial charge on any atom is 0.172 e. The van der Waals surface area contributed by atoms with Gasteiger partial charge in [0.25, 0.3) is 0 Å². The lowest BCUT2D eigenvalue weighted by Crippen LogP contribution is -2.58. The van der Waals surface area contributed by atoms with Crippen molar-refractivity contribution in [1.82, 2.24) is 25.1 Å². The molecule has 2 aliphatic heterocycles. The third-order valence-electron chi connectivity index (χ3n) is 7.34. The zero-order valence-electron chi connectivity index (χ0n) is 21.3. The second-order valence-corrected chi connectivity index (χ2v) is 10.1. The molecule has 1 aromatic heterocycles. The van der Waals surface area contributed by atoms with E-state index in [2.05, 4.69) is 43.5 Å². The van der Waals surface area contributed by atoms with Gasteiger partial charge in [-0.3, -0.25) is 9.80 Å². The first-order chi connectivity index (χ1) is 17.8. The van der Waals surface area contributed by atoms with Crippen molar-refractivity contribution in [2.24, 2.45) is 0 Å². The Morgan fingerprint density at radius 3 is 2.68 bits per heavy atom. The van der Waals surface area contributed by atoms with Crippen LogP contribution in [0.1, 0.15) is 37.4 Å². The smallest absolute Gasteiger partial charge is 0.172 e. The molecule has 2 fully saturated rings. The number of hydrogen-bond acceptors (Lipinski definition) is 9. The molecule has 37 heavy (non-hydrogen) atoms. The first kappa shape index (κ1) is 27.4. The van der Waals surface area contributed by atoms with Crippen molar-refractivity contribution in [3.8, 4) is 5.75 Å². The van der Waals surface area contributed by atoms with E-state index in [9.17, 15) is 9.50 Å². The highest BCUT2D eigenvalue weighted by molar-refractivity contribution is 6.31. The third-order valence-corrected chi connectivity index (χ3v) is 7.60. The Morgan fingerprint density at radius 1 is 1.24 bits per heavy atom. The summed E-state index contributed by atoms with van der Waals surface area (Å²) in [7, 11) is 0. The maximum absolute atomic E-state index is 13.7. The number of nitrogens with two attached hydrogens (primary N) is 1. The number of anilines is 2. The van der Waals surface area contributed by atoms with E-state index >= 15 is 0 Å². The molecule has 2 aromatic rings. The zero-order valence-corrected chi connectivity index (χ0v) is 22.1. The van der Waals surface area contributed by atoms with Gasteiger partial charge in [-0.2, -0.15) is 0 Å². The van der Waals surface area contributed by atoms with E-state index in [1.54, 1.807) is 6.07 Å². The average molecular weight is 534 g/mol. The number of aromatic hydroxyl groups is 1. The summed E-state index contributed by atoms with van der Waals surface area (Å²) in [5.74, 6) is -0.0303. The summed E-state index contributed by atoms with van der Waals surface area (Å²) in [6.07, 6.45) is 3.12. The average Bonchev–Trinajstić information content (AvgIpc) is 2.90. The number of piperidine rings is 1. The molecule has 0 bridgehead atoms. The van der Waals surface area contributed by atoms with Gasteiger partial charge < -0.3 is 26.2 Å². The lowest BCUT2D eigenvalue weighted by Gasteiger charge is -2.47. The van der Waals surface area contributed by atoms with Crippen LogP contribution in [-0.4, -0.2) is 87.9 Å². The highest BCUT2D eigenvalue weighted by Gasteiger charge is 2.34. The number of benzene rings is 1. The number of aromatic nitrogens is 2. The van der Waals surface area contributed by atoms with Crippen LogP contribution in [0.15, 0.2) is 24.8 Å². The molecule has 1 atom stereocenters. The Morgan fingerprint density at radius 2 is 2.00 bits per heavy atom. The molecule has 0 spiro atoms. The van der Waals surface area contributed by atoms with Crippen LogP contribution in [0.4, 0.5) is 16.0 Å². The second-order valence-electron chi connectivity index (χ2n) is 9.74. The minimum absolute atomic E-state index is 0.0295. The number of nitrogens with one attached hydrogen (secondary N) is 1. The number of aliphatic hydroxyl groups excluding tert-OH is 1. The van der Waals surface area contributed by atoms with Crippen molar-refractivity contribution in [3.05, 3.63) is 47.0 Å². The van der Waals surface area contributed by atoms with Crippen LogP contribution in [0.5, 0.6) is 5.75 Å². The molecule has 3 heterocycles. The molecule has 9 nitrogen and oxygen atoms in total. The van der Waals surface area contributed by atoms with E-state index in [4.69, 9.17) is 22.4 Å². The number of aliphatic hydroxyl groups is 1. The Kier molecular flexibility index (Phi) is 9.07. The monoisotopic (exact) mass is 533 g/mol. The van der Waals surface area contributed by atoms with Crippen molar-refractivity contribution in [2.45, 2.75) is 44.8 Å². The standard InChI is InChI=1S/C26H37ClFN7O2/c1-3-19-16-34(26-24(27)31-23(25(29)32-26)17(2)30-8-13-36)11-12-35(19)20-6-9-33(10-7-20)15-18-4-5-22(37)21(28)14-18/h4-5,14,19-20,30,36-37H,2-3,6-13,15-16H2,1H3,(H2,29,32)/t19-/m0/s1. The molecule has 0 radical (unpaired) electrons. The van der Waals surface area contributed by atoms with Gasteiger partial charge >= 0.3 is 0 Å². The number of likely N-dealkylation sites (tertiary alicyclic amines) is 1. The van der Waals surface area contributed by atoms with Gasteiger partial charge in [0.1, 0.15) is 5.69 Å². The quantitative estimate of drug-likeness (QED) is 0.386. The van der Waals surface area contributed by atoms with Gasteiger partial charge in [0.2, 0.25) is 0 Å². The summed E-state index contributed by atoms with van der Waals surface area (Å²) < 4.78 is 13.7. The fourth-order valence-electron chi connectivity index (χ4n) is 5.35. The van der Waals surface area contributed by atoms with Gasteiger partial charge in [-0.15, -0.1) is 0 Å². The summed E-state index contributed by atoms with van der Waals surface area (Å²) >= 11 is 6.54. The Bertz CT molecular complexity index is 1100. The molecule has 11 heteroatoms. The fraction of sp³-hybridized carbons (Fsp3) is 0.538. The molecule has 5 N–H and O–H groups in total. The highest BCUT2D eigenvalue weighted by atomic mass is 35.5. The minimum Gasteiger partial charge on any atom is -0.505 e. The molecule has 0 aliphatic carbocycles. The van der Waals surface area contributed by atoms with Crippen molar-refractivity contribution in [1.29, 1.82) is 0 Å². The Hall–Kier alpha value is -2.66. The van der Waals surface area contributed by atoms with Gasteiger partial charge in [0.05, 0.1) is 12.3 Å². The lowest BCUT2D eigenvalue weighted by atomic mass is 9.98. The largest absolute Gasteiger partial charge is 0.505 e. The normalized spacial score (nSPS) is 19.8. The van der Waals surface area contributed by atoms with Crippen LogP contribution in [0, 0.1) is 5.82 Å². The molecule has 1 aromatic carbocycles. The van der Waals surface area contributed by atoms with Crippen LogP contribution >= 0.6 is 11.6 Å². The Labute approximate surface area is 222 Å². The van der Waals surface area contributed by atoms with E-state index in [0.29, 0.717) is 47.5 Å². The van der Waals surface area contributed by atoms with Crippen LogP contribution in [0.3, 0.4) is 0 Å². The summed E-state index contributed by atoms with van der Waals surface area (Å²) in [6.45, 7) is 11.5. The maximum atomic E-state index is 13.7. The van der Waals surface area contributed by atoms with E-state index in [-0.39, 0.29) is 18.2 Å². The van der Waals surface area contributed by atoms with Gasteiger partial charge in [-0.05, 0) is 50.0 Å². The van der Waals surface area contributed by atoms with Crippen molar-refractivity contribution >= 4 is 28.9 Å². The molecule has 2 aliphatic rings. The predicted molar refractivity (Wildman–Crippen MR) is 145 cm³/mol. The van der Waals surface area contributed by atoms with Gasteiger partial charge in [-0.1, -0.05) is 31.2 Å². The summed E-state index contributed by atoms with van der Waals surface area (Å²) in [4.78, 5) is 16.2. The van der Waals surface area contributed by atoms with Gasteiger partial charge in [0, 0.05) is 44.8 Å². The molecular weight excluding hydrogens is 497 g/mol. The second kappa shape index (κ2) is 12.3. The molecule has 202 valence electrons. The first-order valence-electron chi connectivity index (χ1n) is 12.9. The predicted octanol–water partition coefficient (Wildman–Crippen LogP) is 2.67. The molecule has 2 saturated heterocycles. The van der Waals surface area contributed by atoms with E-state index in [0.717, 1.165) is 57.5 Å². The molecule has 0 unspecified atom stereocenters. The minimum atomic E-state index is -0.569. The molecule has 0 saturated carbocycles. The Balaban J connectivity index is 1.35. The lowest BCUT2D eigenvalue weighted by molar-refractivity contribution is 0.0610. The van der Waals surface area contributed by atoms with Crippen LogP contribution in [0.25, 0.3) is 5.70 Å².